The summed E-state index contributed by atoms with van der Waals surface area (Å²) < 4.78 is 3.82. The smallest absolute Gasteiger partial charge is 0.274 e. The molecule has 7 nitrogen and oxygen atoms in total. The summed E-state index contributed by atoms with van der Waals surface area (Å²) in [6, 6.07) is 11.9. The molecule has 1 aromatic carbocycles. The SMILES string of the molecule is CCCCC1C=C(Cn2nc(CC)c3c(NC(=O)c4cnc5ccccn45)cccc32)C=N1. The number of unbranched alkanes of at least 4 members (excludes halogenated alkanes) is 1. The van der Waals surface area contributed by atoms with Gasteiger partial charge in [0.1, 0.15) is 11.3 Å². The van der Waals surface area contributed by atoms with E-state index in [1.54, 1.807) is 10.6 Å². The fourth-order valence-corrected chi connectivity index (χ4v) is 4.43. The molecule has 0 saturated heterocycles. The highest BCUT2D eigenvalue weighted by Crippen LogP contribution is 2.29. The second kappa shape index (κ2) is 9.02. The van der Waals surface area contributed by atoms with Crippen molar-refractivity contribution in [2.75, 3.05) is 5.32 Å². The van der Waals surface area contributed by atoms with Crippen LogP contribution in [0.3, 0.4) is 0 Å². The molecule has 168 valence electrons. The summed E-state index contributed by atoms with van der Waals surface area (Å²) in [6.45, 7) is 4.97. The van der Waals surface area contributed by atoms with E-state index < -0.39 is 0 Å². The molecular weight excluding hydrogens is 412 g/mol. The van der Waals surface area contributed by atoms with Crippen LogP contribution in [-0.4, -0.2) is 37.3 Å². The van der Waals surface area contributed by atoms with Crippen molar-refractivity contribution < 1.29 is 4.79 Å². The molecule has 0 bridgehead atoms. The van der Waals surface area contributed by atoms with Crippen LogP contribution in [0.15, 0.2) is 65.4 Å². The molecule has 1 atom stereocenters. The van der Waals surface area contributed by atoms with Crippen molar-refractivity contribution >= 4 is 34.4 Å². The van der Waals surface area contributed by atoms with Gasteiger partial charge in [0.25, 0.3) is 5.91 Å². The van der Waals surface area contributed by atoms with Crippen LogP contribution in [0.25, 0.3) is 16.6 Å². The van der Waals surface area contributed by atoms with E-state index in [9.17, 15) is 4.79 Å². The lowest BCUT2D eigenvalue weighted by molar-refractivity contribution is 0.102. The van der Waals surface area contributed by atoms with E-state index in [1.165, 1.54) is 18.4 Å². The second-order valence-electron chi connectivity index (χ2n) is 8.41. The molecule has 1 N–H and O–H groups in total. The van der Waals surface area contributed by atoms with Crippen molar-refractivity contribution in [1.82, 2.24) is 19.2 Å². The number of allylic oxidation sites excluding steroid dienone is 1. The molecular formula is C26H28N6O. The first kappa shape index (κ1) is 21.1. The number of anilines is 1. The third kappa shape index (κ3) is 4.06. The maximum atomic E-state index is 13.1. The number of aliphatic imine (C=N–C) groups is 1. The predicted octanol–water partition coefficient (Wildman–Crippen LogP) is 5.07. The number of benzene rings is 1. The average Bonchev–Trinajstić information content (AvgIpc) is 3.55. The number of hydrogen-bond donors (Lipinski definition) is 1. The zero-order chi connectivity index (χ0) is 22.8. The van der Waals surface area contributed by atoms with E-state index in [-0.39, 0.29) is 11.9 Å². The number of aryl methyl sites for hydroxylation is 1. The average molecular weight is 441 g/mol. The molecule has 5 rings (SSSR count). The van der Waals surface area contributed by atoms with Gasteiger partial charge in [0.15, 0.2) is 0 Å². The van der Waals surface area contributed by atoms with Gasteiger partial charge in [0, 0.05) is 17.8 Å². The fraction of sp³-hybridized carbons (Fsp3) is 0.308. The minimum Gasteiger partial charge on any atom is -0.320 e. The Labute approximate surface area is 192 Å². The summed E-state index contributed by atoms with van der Waals surface area (Å²) in [5.41, 5.74) is 5.17. The molecule has 3 aromatic heterocycles. The van der Waals surface area contributed by atoms with Crippen molar-refractivity contribution in [3.8, 4) is 0 Å². The highest BCUT2D eigenvalue weighted by Gasteiger charge is 2.19. The van der Waals surface area contributed by atoms with Crippen molar-refractivity contribution in [3.05, 3.63) is 71.8 Å². The van der Waals surface area contributed by atoms with Crippen LogP contribution in [0.2, 0.25) is 0 Å². The van der Waals surface area contributed by atoms with Crippen molar-refractivity contribution in [2.24, 2.45) is 4.99 Å². The molecule has 1 amide bonds. The maximum Gasteiger partial charge on any atom is 0.274 e. The molecule has 7 heteroatoms. The van der Waals surface area contributed by atoms with Gasteiger partial charge in [-0.2, -0.15) is 5.10 Å². The number of fused-ring (bicyclic) bond motifs is 2. The molecule has 33 heavy (non-hydrogen) atoms. The topological polar surface area (TPSA) is 76.6 Å². The van der Waals surface area contributed by atoms with Gasteiger partial charge < -0.3 is 5.32 Å². The number of nitrogens with zero attached hydrogens (tertiary/aromatic N) is 5. The van der Waals surface area contributed by atoms with Crippen LogP contribution in [0, 0.1) is 0 Å². The standard InChI is InChI=1S/C26H28N6O/c1-3-5-9-19-14-18(15-27-19)17-32-22-11-8-10-21(25(22)20(4-2)30-32)29-26(33)23-16-28-24-12-6-7-13-31(23)24/h6-8,10-16,19H,3-5,9,17H2,1-2H3,(H,29,33). The Hall–Kier alpha value is -3.74. The third-order valence-electron chi connectivity index (χ3n) is 6.11. The van der Waals surface area contributed by atoms with Gasteiger partial charge in [-0.15, -0.1) is 0 Å². The number of nitrogens with one attached hydrogen (secondary N) is 1. The number of hydrogen-bond acceptors (Lipinski definition) is 4. The molecule has 1 unspecified atom stereocenters. The normalized spacial score (nSPS) is 15.5. The third-order valence-corrected chi connectivity index (χ3v) is 6.11. The maximum absolute atomic E-state index is 13.1. The highest BCUT2D eigenvalue weighted by molar-refractivity contribution is 6.08. The van der Waals surface area contributed by atoms with Gasteiger partial charge in [-0.25, -0.2) is 4.98 Å². The van der Waals surface area contributed by atoms with Gasteiger partial charge in [-0.1, -0.05) is 44.9 Å². The second-order valence-corrected chi connectivity index (χ2v) is 8.41. The molecule has 0 spiro atoms. The van der Waals surface area contributed by atoms with Gasteiger partial charge in [-0.3, -0.25) is 18.9 Å². The predicted molar refractivity (Wildman–Crippen MR) is 132 cm³/mol. The van der Waals surface area contributed by atoms with Gasteiger partial charge in [-0.05, 0) is 42.7 Å². The minimum absolute atomic E-state index is 0.194. The summed E-state index contributed by atoms with van der Waals surface area (Å²) in [5, 5.41) is 8.97. The zero-order valence-corrected chi connectivity index (χ0v) is 19.0. The summed E-state index contributed by atoms with van der Waals surface area (Å²) in [5.74, 6) is -0.194. The molecule has 0 saturated carbocycles. The van der Waals surface area contributed by atoms with E-state index in [0.29, 0.717) is 12.2 Å². The van der Waals surface area contributed by atoms with Gasteiger partial charge in [0.2, 0.25) is 0 Å². The number of pyridine rings is 1. The van der Waals surface area contributed by atoms with Crippen LogP contribution in [0.1, 0.15) is 49.3 Å². The lowest BCUT2D eigenvalue weighted by Gasteiger charge is -2.08. The molecule has 4 heterocycles. The lowest BCUT2D eigenvalue weighted by Crippen LogP contribution is -2.14. The highest BCUT2D eigenvalue weighted by atomic mass is 16.1. The van der Waals surface area contributed by atoms with E-state index in [2.05, 4.69) is 41.3 Å². The Morgan fingerprint density at radius 1 is 1.15 bits per heavy atom. The van der Waals surface area contributed by atoms with Crippen molar-refractivity contribution in [1.29, 1.82) is 0 Å². The largest absolute Gasteiger partial charge is 0.320 e. The molecule has 1 aliphatic heterocycles. The number of imidazole rings is 1. The molecule has 0 aliphatic carbocycles. The number of aromatic nitrogens is 4. The first-order chi connectivity index (χ1) is 16.2. The first-order valence-electron chi connectivity index (χ1n) is 11.6. The Morgan fingerprint density at radius 3 is 2.91 bits per heavy atom. The van der Waals surface area contributed by atoms with E-state index >= 15 is 0 Å². The molecule has 4 aromatic rings. The van der Waals surface area contributed by atoms with E-state index in [4.69, 9.17) is 5.10 Å². The zero-order valence-electron chi connectivity index (χ0n) is 19.0. The summed E-state index contributed by atoms with van der Waals surface area (Å²) in [4.78, 5) is 22.1. The van der Waals surface area contributed by atoms with Crippen molar-refractivity contribution in [2.45, 2.75) is 52.1 Å². The number of carbonyl (C=O) groups excluding carboxylic acids is 1. The van der Waals surface area contributed by atoms with E-state index in [1.807, 2.05) is 47.4 Å². The monoisotopic (exact) mass is 440 g/mol. The number of carbonyl (C=O) groups is 1. The number of amides is 1. The van der Waals surface area contributed by atoms with E-state index in [0.717, 1.165) is 40.8 Å². The van der Waals surface area contributed by atoms with Gasteiger partial charge >= 0.3 is 0 Å². The summed E-state index contributed by atoms with van der Waals surface area (Å²) in [7, 11) is 0. The Kier molecular flexibility index (Phi) is 5.77. The molecule has 0 radical (unpaired) electrons. The number of rotatable bonds is 8. The minimum atomic E-state index is -0.194. The first-order valence-corrected chi connectivity index (χ1v) is 11.6. The Morgan fingerprint density at radius 2 is 2.06 bits per heavy atom. The van der Waals surface area contributed by atoms with Crippen LogP contribution in [-0.2, 0) is 13.0 Å². The van der Waals surface area contributed by atoms with Crippen LogP contribution >= 0.6 is 0 Å². The Balaban J connectivity index is 1.44. The van der Waals surface area contributed by atoms with Gasteiger partial charge in [0.05, 0.1) is 35.7 Å². The quantitative estimate of drug-likeness (QED) is 0.416. The summed E-state index contributed by atoms with van der Waals surface area (Å²) in [6.07, 6.45) is 11.9. The van der Waals surface area contributed by atoms with Crippen LogP contribution in [0.4, 0.5) is 5.69 Å². The van der Waals surface area contributed by atoms with Crippen molar-refractivity contribution in [3.63, 3.8) is 0 Å². The lowest BCUT2D eigenvalue weighted by atomic mass is 10.1. The Bertz CT molecular complexity index is 1380. The van der Waals surface area contributed by atoms with Crippen LogP contribution < -0.4 is 5.32 Å². The van der Waals surface area contributed by atoms with Crippen LogP contribution in [0.5, 0.6) is 0 Å². The fourth-order valence-electron chi connectivity index (χ4n) is 4.43. The summed E-state index contributed by atoms with van der Waals surface area (Å²) >= 11 is 0. The molecule has 1 aliphatic rings. The molecule has 0 fully saturated rings.